The molecule has 0 radical (unpaired) electrons. The van der Waals surface area contributed by atoms with Crippen molar-refractivity contribution in [1.29, 1.82) is 0 Å². The minimum atomic E-state index is -0.134. The van der Waals surface area contributed by atoms with E-state index in [2.05, 4.69) is 6.92 Å². The van der Waals surface area contributed by atoms with E-state index in [0.29, 0.717) is 5.92 Å². The van der Waals surface area contributed by atoms with Crippen LogP contribution in [0.15, 0.2) is 0 Å². The minimum absolute atomic E-state index is 0.134. The molecule has 2 rings (SSSR count). The van der Waals surface area contributed by atoms with Crippen molar-refractivity contribution in [3.8, 4) is 0 Å². The third kappa shape index (κ3) is 1.96. The highest BCUT2D eigenvalue weighted by Crippen LogP contribution is 2.44. The van der Waals surface area contributed by atoms with Gasteiger partial charge in [0.2, 0.25) is 0 Å². The average Bonchev–Trinajstić information content (AvgIpc) is 2.67. The highest BCUT2D eigenvalue weighted by molar-refractivity contribution is 4.90. The molecule has 0 aromatic carbocycles. The monoisotopic (exact) mass is 198 g/mol. The van der Waals surface area contributed by atoms with Crippen LogP contribution in [-0.2, 0) is 4.74 Å². The Morgan fingerprint density at radius 2 is 2.00 bits per heavy atom. The first kappa shape index (κ1) is 10.4. The molecule has 2 atom stereocenters. The smallest absolute Gasteiger partial charge is 0.0643 e. The van der Waals surface area contributed by atoms with Crippen molar-refractivity contribution in [2.75, 3.05) is 13.2 Å². The predicted octanol–water partition coefficient (Wildman–Crippen LogP) is 2.35. The van der Waals surface area contributed by atoms with Gasteiger partial charge in [-0.15, -0.1) is 0 Å². The highest BCUT2D eigenvalue weighted by Gasteiger charge is 2.40. The zero-order valence-electron chi connectivity index (χ0n) is 9.17. The van der Waals surface area contributed by atoms with Crippen molar-refractivity contribution < 1.29 is 9.84 Å². The van der Waals surface area contributed by atoms with Crippen LogP contribution in [0.3, 0.4) is 0 Å². The lowest BCUT2D eigenvalue weighted by molar-refractivity contribution is -0.0628. The van der Waals surface area contributed by atoms with Crippen molar-refractivity contribution in [2.45, 2.75) is 51.6 Å². The van der Waals surface area contributed by atoms with Crippen LogP contribution in [0.1, 0.15) is 45.4 Å². The Bertz CT molecular complexity index is 179. The SMILES string of the molecule is CC1(C(O)C2CCCOC2)CCCC1. The van der Waals surface area contributed by atoms with E-state index in [1.54, 1.807) is 0 Å². The van der Waals surface area contributed by atoms with E-state index in [9.17, 15) is 5.11 Å². The molecule has 1 saturated heterocycles. The van der Waals surface area contributed by atoms with Crippen LogP contribution >= 0.6 is 0 Å². The first-order chi connectivity index (χ1) is 6.72. The van der Waals surface area contributed by atoms with Gasteiger partial charge in [-0.05, 0) is 31.1 Å². The first-order valence-electron chi connectivity index (χ1n) is 5.98. The second-order valence-electron chi connectivity index (χ2n) is 5.28. The largest absolute Gasteiger partial charge is 0.392 e. The molecule has 1 N–H and O–H groups in total. The van der Waals surface area contributed by atoms with Gasteiger partial charge in [-0.1, -0.05) is 19.8 Å². The minimum Gasteiger partial charge on any atom is -0.392 e. The third-order valence-corrected chi connectivity index (χ3v) is 4.10. The summed E-state index contributed by atoms with van der Waals surface area (Å²) in [6.45, 7) is 3.91. The standard InChI is InChI=1S/C12H22O2/c1-12(6-2-3-7-12)11(13)10-5-4-8-14-9-10/h10-11,13H,2-9H2,1H3. The quantitative estimate of drug-likeness (QED) is 0.738. The average molecular weight is 198 g/mol. The van der Waals surface area contributed by atoms with Gasteiger partial charge >= 0.3 is 0 Å². The Balaban J connectivity index is 1.95. The first-order valence-corrected chi connectivity index (χ1v) is 5.98. The van der Waals surface area contributed by atoms with Crippen molar-refractivity contribution in [2.24, 2.45) is 11.3 Å². The lowest BCUT2D eigenvalue weighted by Gasteiger charge is -2.37. The Labute approximate surface area is 86.6 Å². The van der Waals surface area contributed by atoms with Gasteiger partial charge in [0, 0.05) is 12.5 Å². The molecule has 2 heteroatoms. The molecule has 14 heavy (non-hydrogen) atoms. The molecule has 0 bridgehead atoms. The molecule has 1 heterocycles. The van der Waals surface area contributed by atoms with Gasteiger partial charge in [0.05, 0.1) is 12.7 Å². The van der Waals surface area contributed by atoms with Crippen molar-refractivity contribution in [3.63, 3.8) is 0 Å². The Morgan fingerprint density at radius 1 is 1.29 bits per heavy atom. The van der Waals surface area contributed by atoms with Gasteiger partial charge < -0.3 is 9.84 Å². The van der Waals surface area contributed by atoms with Gasteiger partial charge in [0.1, 0.15) is 0 Å². The summed E-state index contributed by atoms with van der Waals surface area (Å²) in [6, 6.07) is 0. The molecule has 1 saturated carbocycles. The molecule has 0 amide bonds. The molecule has 2 nitrogen and oxygen atoms in total. The maximum absolute atomic E-state index is 10.4. The normalized spacial score (nSPS) is 34.3. The Morgan fingerprint density at radius 3 is 2.57 bits per heavy atom. The van der Waals surface area contributed by atoms with Gasteiger partial charge in [-0.25, -0.2) is 0 Å². The van der Waals surface area contributed by atoms with Crippen LogP contribution in [0.25, 0.3) is 0 Å². The van der Waals surface area contributed by atoms with Crippen molar-refractivity contribution >= 4 is 0 Å². The Hall–Kier alpha value is -0.0800. The van der Waals surface area contributed by atoms with E-state index in [1.807, 2.05) is 0 Å². The van der Waals surface area contributed by atoms with Gasteiger partial charge in [-0.3, -0.25) is 0 Å². The van der Waals surface area contributed by atoms with E-state index < -0.39 is 0 Å². The summed E-state index contributed by atoms with van der Waals surface area (Å²) >= 11 is 0. The summed E-state index contributed by atoms with van der Waals surface area (Å²) < 4.78 is 5.45. The fourth-order valence-corrected chi connectivity index (χ4v) is 3.06. The topological polar surface area (TPSA) is 29.5 Å². The number of aliphatic hydroxyl groups is 1. The van der Waals surface area contributed by atoms with E-state index in [0.717, 1.165) is 26.1 Å². The van der Waals surface area contributed by atoms with E-state index in [4.69, 9.17) is 4.74 Å². The lowest BCUT2D eigenvalue weighted by Crippen LogP contribution is -2.40. The predicted molar refractivity (Wildman–Crippen MR) is 56.1 cm³/mol. The Kier molecular flexibility index (Phi) is 3.13. The third-order valence-electron chi connectivity index (χ3n) is 4.10. The molecule has 2 aliphatic rings. The second-order valence-corrected chi connectivity index (χ2v) is 5.28. The molecule has 1 aliphatic carbocycles. The molecule has 1 aliphatic heterocycles. The van der Waals surface area contributed by atoms with Crippen LogP contribution in [-0.4, -0.2) is 24.4 Å². The molecule has 82 valence electrons. The van der Waals surface area contributed by atoms with Crippen molar-refractivity contribution in [1.82, 2.24) is 0 Å². The van der Waals surface area contributed by atoms with Crippen LogP contribution in [0.5, 0.6) is 0 Å². The molecule has 2 unspecified atom stereocenters. The molecule has 2 fully saturated rings. The maximum atomic E-state index is 10.4. The fraction of sp³-hybridized carbons (Fsp3) is 1.00. The van der Waals surface area contributed by atoms with E-state index >= 15 is 0 Å². The highest BCUT2D eigenvalue weighted by atomic mass is 16.5. The number of aliphatic hydroxyl groups excluding tert-OH is 1. The van der Waals surface area contributed by atoms with Crippen molar-refractivity contribution in [3.05, 3.63) is 0 Å². The molecule has 0 spiro atoms. The number of ether oxygens (including phenoxy) is 1. The van der Waals surface area contributed by atoms with Crippen LogP contribution in [0.2, 0.25) is 0 Å². The van der Waals surface area contributed by atoms with Gasteiger partial charge in [-0.2, -0.15) is 0 Å². The molecular weight excluding hydrogens is 176 g/mol. The summed E-state index contributed by atoms with van der Waals surface area (Å²) in [5, 5.41) is 10.4. The summed E-state index contributed by atoms with van der Waals surface area (Å²) in [7, 11) is 0. The zero-order valence-corrected chi connectivity index (χ0v) is 9.17. The number of rotatable bonds is 2. The summed E-state index contributed by atoms with van der Waals surface area (Å²) in [4.78, 5) is 0. The van der Waals surface area contributed by atoms with Crippen LogP contribution < -0.4 is 0 Å². The molecule has 0 aromatic heterocycles. The lowest BCUT2D eigenvalue weighted by atomic mass is 9.75. The fourth-order valence-electron chi connectivity index (χ4n) is 3.06. The number of hydrogen-bond donors (Lipinski definition) is 1. The summed E-state index contributed by atoms with van der Waals surface area (Å²) in [5.74, 6) is 0.395. The molecule has 0 aromatic rings. The second kappa shape index (κ2) is 4.19. The van der Waals surface area contributed by atoms with Gasteiger partial charge in [0.15, 0.2) is 0 Å². The summed E-state index contributed by atoms with van der Waals surface area (Å²) in [5.41, 5.74) is 0.186. The van der Waals surface area contributed by atoms with E-state index in [-0.39, 0.29) is 11.5 Å². The van der Waals surface area contributed by atoms with E-state index in [1.165, 1.54) is 25.7 Å². The van der Waals surface area contributed by atoms with Crippen LogP contribution in [0.4, 0.5) is 0 Å². The zero-order chi connectivity index (χ0) is 10.0. The summed E-state index contributed by atoms with van der Waals surface area (Å²) in [6.07, 6.45) is 7.12. The van der Waals surface area contributed by atoms with Crippen LogP contribution in [0, 0.1) is 11.3 Å². The van der Waals surface area contributed by atoms with Gasteiger partial charge in [0.25, 0.3) is 0 Å². The maximum Gasteiger partial charge on any atom is 0.0643 e. The molecular formula is C12H22O2. The number of hydrogen-bond acceptors (Lipinski definition) is 2.